The number of rotatable bonds is 12. The smallest absolute Gasteiger partial charge is 0.378 e. The number of halogens is 17. The maximum atomic E-state index is 14.1. The Labute approximate surface area is 227 Å². The Morgan fingerprint density at radius 1 is 0.524 bits per heavy atom. The second-order valence-corrected chi connectivity index (χ2v) is 9.94. The van der Waals surface area contributed by atoms with E-state index in [0.29, 0.717) is 17.7 Å². The van der Waals surface area contributed by atoms with Crippen molar-refractivity contribution in [2.75, 3.05) is 0 Å². The number of alkyl halides is 17. The van der Waals surface area contributed by atoms with E-state index in [9.17, 15) is 78.7 Å². The van der Waals surface area contributed by atoms with E-state index in [1.807, 2.05) is 0 Å². The molecule has 0 heterocycles. The molecule has 0 unspecified atom stereocenters. The lowest BCUT2D eigenvalue weighted by atomic mass is 9.97. The summed E-state index contributed by atoms with van der Waals surface area (Å²) in [5, 5.41) is -14.1. The molecule has 0 saturated heterocycles. The van der Waals surface area contributed by atoms with E-state index in [-0.39, 0.29) is 5.56 Å². The van der Waals surface area contributed by atoms with Gasteiger partial charge >= 0.3 is 56.7 Å². The molecule has 0 saturated carbocycles. The van der Waals surface area contributed by atoms with Gasteiger partial charge in [0.05, 0.1) is 0 Å². The summed E-state index contributed by atoms with van der Waals surface area (Å²) in [6, 6.07) is 10.5. The number of ether oxygens (including phenoxy) is 1. The van der Waals surface area contributed by atoms with Crippen molar-refractivity contribution in [3.05, 3.63) is 54.6 Å². The van der Waals surface area contributed by atoms with Crippen LogP contribution in [0.15, 0.2) is 54.6 Å². The molecule has 0 bridgehead atoms. The molecule has 2 aromatic carbocycles. The molecule has 0 aliphatic carbocycles. The van der Waals surface area contributed by atoms with E-state index in [1.54, 1.807) is 6.07 Å². The van der Waals surface area contributed by atoms with Gasteiger partial charge in [-0.25, -0.2) is 4.74 Å². The van der Waals surface area contributed by atoms with E-state index in [2.05, 4.69) is 15.8 Å². The van der Waals surface area contributed by atoms with Gasteiger partial charge in [0, 0.05) is 0 Å². The van der Waals surface area contributed by atoms with Gasteiger partial charge in [-0.3, -0.25) is 0 Å². The highest BCUT2D eigenvalue weighted by atomic mass is 35.5. The summed E-state index contributed by atoms with van der Waals surface area (Å²) in [4.78, 5) is 0. The molecule has 0 aliphatic rings. The molecule has 0 spiro atoms. The van der Waals surface area contributed by atoms with Gasteiger partial charge in [-0.2, -0.15) is 78.7 Å². The first-order chi connectivity index (χ1) is 18.5. The zero-order chi connectivity index (χ0) is 33.0. The van der Waals surface area contributed by atoms with Gasteiger partial charge in [-0.15, -0.1) is 0 Å². The number of hydrogen-bond acceptors (Lipinski definition) is 4. The molecule has 0 N–H and O–H groups in total. The third-order valence-electron chi connectivity index (χ3n) is 4.98. The van der Waals surface area contributed by atoms with Crippen LogP contribution in [0.1, 0.15) is 0 Å². The van der Waals surface area contributed by atoms with Crippen molar-refractivity contribution in [3.63, 3.8) is 0 Å². The Balaban J connectivity index is 2.41. The fourth-order valence-corrected chi connectivity index (χ4v) is 3.62. The Bertz CT molecular complexity index is 1360. The van der Waals surface area contributed by atoms with E-state index in [0.717, 1.165) is 12.1 Å². The van der Waals surface area contributed by atoms with Gasteiger partial charge in [-0.05, 0) is 34.9 Å². The predicted molar refractivity (Wildman–Crippen MR) is 108 cm³/mol. The van der Waals surface area contributed by atoms with Crippen LogP contribution in [-0.2, 0) is 14.9 Å². The highest BCUT2D eigenvalue weighted by Crippen LogP contribution is 2.61. The second-order valence-electron chi connectivity index (χ2n) is 7.88. The molecule has 0 amide bonds. The van der Waals surface area contributed by atoms with Crippen molar-refractivity contribution in [3.8, 4) is 16.9 Å². The fourth-order valence-electron chi connectivity index (χ4n) is 2.70. The summed E-state index contributed by atoms with van der Waals surface area (Å²) in [5.74, 6) is -34.4. The molecule has 0 aliphatic heterocycles. The fraction of sp³-hybridized carbons (Fsp3) is 0.400. The maximum absolute atomic E-state index is 14.1. The molecule has 0 fully saturated rings. The molecule has 0 radical (unpaired) electrons. The Morgan fingerprint density at radius 2 is 0.929 bits per heavy atom. The molecule has 0 atom stereocenters. The highest BCUT2D eigenvalue weighted by Gasteiger charge is 2.92. The second kappa shape index (κ2) is 10.5. The lowest BCUT2D eigenvalue weighted by Gasteiger charge is -2.40. The van der Waals surface area contributed by atoms with Crippen molar-refractivity contribution in [1.29, 1.82) is 0 Å². The van der Waals surface area contributed by atoms with Crippen molar-refractivity contribution < 1.29 is 87.6 Å². The zero-order valence-electron chi connectivity index (χ0n) is 19.2. The van der Waals surface area contributed by atoms with E-state index >= 15 is 0 Å². The molecular weight excluding hydrogens is 676 g/mol. The lowest BCUT2D eigenvalue weighted by Crippen LogP contribution is -2.71. The van der Waals surface area contributed by atoms with Gasteiger partial charge < -0.3 is 4.18 Å². The van der Waals surface area contributed by atoms with Crippen molar-refractivity contribution in [2.24, 2.45) is 0 Å². The molecule has 238 valence electrons. The molecule has 42 heavy (non-hydrogen) atoms. The van der Waals surface area contributed by atoms with E-state index < -0.39 is 62.4 Å². The highest BCUT2D eigenvalue weighted by molar-refractivity contribution is 7.88. The normalized spacial score (nSPS) is 15.1. The van der Waals surface area contributed by atoms with Crippen LogP contribution >= 0.6 is 11.6 Å². The maximum Gasteiger partial charge on any atom is 0.471 e. The molecule has 22 heteroatoms. The van der Waals surface area contributed by atoms with Gasteiger partial charge in [0.2, 0.25) is 0 Å². The number of benzene rings is 2. The quantitative estimate of drug-likeness (QED) is 0.129. The van der Waals surface area contributed by atoms with Crippen LogP contribution in [0.3, 0.4) is 0 Å². The van der Waals surface area contributed by atoms with Gasteiger partial charge in [0.1, 0.15) is 5.75 Å². The summed E-state index contributed by atoms with van der Waals surface area (Å²) in [6.07, 6.45) is -15.7. The molecular formula is C20H9ClF16O4S. The van der Waals surface area contributed by atoms with Crippen LogP contribution in [-0.4, -0.2) is 55.0 Å². The minimum absolute atomic E-state index is 0.234. The third kappa shape index (κ3) is 5.65. The SMILES string of the molecule is O=S(=O)(Oc1ccc(-c2ccccc2)cc1)C(F)(F)C(F)(F)OC(F)(F)C(F)(F)C(F)(F)C(F)(F)C(F)(F)C(F)(F)Cl. The average molecular weight is 685 g/mol. The molecule has 0 aromatic heterocycles. The van der Waals surface area contributed by atoms with E-state index in [4.69, 9.17) is 0 Å². The van der Waals surface area contributed by atoms with Crippen LogP contribution in [0.5, 0.6) is 5.75 Å². The van der Waals surface area contributed by atoms with Gasteiger partial charge in [-0.1, -0.05) is 42.5 Å². The minimum atomic E-state index is -8.52. The molecule has 4 nitrogen and oxygen atoms in total. The average Bonchev–Trinajstić information content (AvgIpc) is 2.82. The largest absolute Gasteiger partial charge is 0.471 e. The first kappa shape index (κ1) is 35.5. The van der Waals surface area contributed by atoms with Crippen molar-refractivity contribution in [2.45, 2.75) is 46.5 Å². The summed E-state index contributed by atoms with van der Waals surface area (Å²) >= 11 is 3.44. The summed E-state index contributed by atoms with van der Waals surface area (Å²) in [5.41, 5.74) is 0.660. The van der Waals surface area contributed by atoms with E-state index in [1.165, 1.54) is 29.0 Å². The summed E-state index contributed by atoms with van der Waals surface area (Å²) in [6.45, 7) is 0. The van der Waals surface area contributed by atoms with Crippen molar-refractivity contribution >= 4 is 21.7 Å². The van der Waals surface area contributed by atoms with Crippen LogP contribution in [0, 0.1) is 0 Å². The predicted octanol–water partition coefficient (Wildman–Crippen LogP) is 8.23. The van der Waals surface area contributed by atoms with Gasteiger partial charge in [0.15, 0.2) is 0 Å². The Hall–Kier alpha value is -2.68. The summed E-state index contributed by atoms with van der Waals surface area (Å²) < 4.78 is 244. The third-order valence-corrected chi connectivity index (χ3v) is 6.50. The monoisotopic (exact) mass is 684 g/mol. The minimum Gasteiger partial charge on any atom is -0.378 e. The van der Waals surface area contributed by atoms with Crippen LogP contribution in [0.2, 0.25) is 0 Å². The topological polar surface area (TPSA) is 52.6 Å². The lowest BCUT2D eigenvalue weighted by molar-refractivity contribution is -0.498. The first-order valence-corrected chi connectivity index (χ1v) is 11.8. The van der Waals surface area contributed by atoms with Crippen LogP contribution < -0.4 is 4.18 Å². The zero-order valence-corrected chi connectivity index (χ0v) is 20.7. The standard InChI is InChI=1S/C20H9ClF16O4S/c21-17(30,31)15(26,27)13(22,23)14(24,25)16(28,29)18(32,33)41-19(34,35)20(36,37)42(38,39)40-12-8-6-11(7-9-12)10-4-2-1-3-5-10/h1-9H. The molecule has 2 aromatic rings. The van der Waals surface area contributed by atoms with Crippen molar-refractivity contribution in [1.82, 2.24) is 0 Å². The van der Waals surface area contributed by atoms with Crippen LogP contribution in [0.25, 0.3) is 11.1 Å². The number of hydrogen-bond donors (Lipinski definition) is 0. The Kier molecular flexibility index (Phi) is 8.87. The summed E-state index contributed by atoms with van der Waals surface area (Å²) in [7, 11) is -7.33. The first-order valence-electron chi connectivity index (χ1n) is 10.0. The van der Waals surface area contributed by atoms with Gasteiger partial charge in [0.25, 0.3) is 0 Å². The molecule has 2 rings (SSSR count). The van der Waals surface area contributed by atoms with Crippen LogP contribution in [0.4, 0.5) is 70.2 Å². The Morgan fingerprint density at radius 3 is 1.36 bits per heavy atom.